The first kappa shape index (κ1) is 49.9. The summed E-state index contributed by atoms with van der Waals surface area (Å²) < 4.78 is 35.6. The number of allylic oxidation sites excluding steroid dienone is 3. The van der Waals surface area contributed by atoms with Crippen molar-refractivity contribution in [2.75, 3.05) is 39.1 Å². The third-order valence-electron chi connectivity index (χ3n) is 11.9. The van der Waals surface area contributed by atoms with E-state index in [4.69, 9.17) is 28.4 Å². The molecule has 2 aliphatic carbocycles. The van der Waals surface area contributed by atoms with Gasteiger partial charge in [0.15, 0.2) is 24.0 Å². The molecular formula is C46H53N4O12S4+. The van der Waals surface area contributed by atoms with Gasteiger partial charge in [-0.05, 0) is 79.5 Å². The fourth-order valence-corrected chi connectivity index (χ4v) is 12.3. The summed E-state index contributed by atoms with van der Waals surface area (Å²) in [5, 5.41) is 41.5. The van der Waals surface area contributed by atoms with Gasteiger partial charge in [0.2, 0.25) is 5.78 Å². The highest BCUT2D eigenvalue weighted by atomic mass is 33.5. The highest BCUT2D eigenvalue weighted by Gasteiger charge is 2.61. The molecule has 7 rings (SSSR count). The summed E-state index contributed by atoms with van der Waals surface area (Å²) in [5.74, 6) is 10.7. The molecule has 2 aliphatic heterocycles. The number of nitrogens with two attached hydrogens (primary N) is 1. The molecule has 16 nitrogen and oxygen atoms in total. The van der Waals surface area contributed by atoms with E-state index in [1.165, 1.54) is 55.8 Å². The zero-order valence-electron chi connectivity index (χ0n) is 37.3. The van der Waals surface area contributed by atoms with E-state index < -0.39 is 71.4 Å². The van der Waals surface area contributed by atoms with E-state index in [0.717, 1.165) is 18.9 Å². The Hall–Kier alpha value is -4.00. The number of methoxy groups -OCH3 is 2. The SMILES string of the molecule is COC(=O)NC1=C2/C(=C\CSSSC)[C@](O)(C#C/C=C\C#C[C@@H]2O[C@@H]2O[C@H](C)[C@@](SC)(C(=O)c3nccc4c3[nH]c3ccc(O)cc34)[C@H](O)[C@H]2O[C@H]2C[C@H](OC)[C@@H]([NH2+]C(C)C)CO2)CC1=O. The molecule has 2 bridgehead atoms. The summed E-state index contributed by atoms with van der Waals surface area (Å²) in [6.07, 6.45) is -0.127. The predicted octanol–water partition coefficient (Wildman–Crippen LogP) is 4.16. The van der Waals surface area contributed by atoms with E-state index in [-0.39, 0.29) is 59.5 Å². The lowest BCUT2D eigenvalue weighted by Crippen LogP contribution is -2.97. The quantitative estimate of drug-likeness (QED) is 0.0544. The molecule has 4 heterocycles. The van der Waals surface area contributed by atoms with E-state index in [2.05, 4.69) is 58.1 Å². The van der Waals surface area contributed by atoms with E-state index in [1.54, 1.807) is 44.6 Å². The van der Waals surface area contributed by atoms with E-state index in [0.29, 0.717) is 27.6 Å². The number of aliphatic hydroxyl groups is 2. The number of benzene rings is 1. The Labute approximate surface area is 398 Å². The number of aromatic amines is 1. The molecule has 0 spiro atoms. The molecule has 2 aromatic heterocycles. The lowest BCUT2D eigenvalue weighted by Gasteiger charge is -2.51. The number of Topliss-reactive ketones (excluding diaryl/α,β-unsaturated/α-hetero) is 2. The number of ketones is 2. The zero-order chi connectivity index (χ0) is 47.3. The Morgan fingerprint density at radius 2 is 1.94 bits per heavy atom. The van der Waals surface area contributed by atoms with Crippen LogP contribution in [0.15, 0.2) is 65.5 Å². The highest BCUT2D eigenvalue weighted by molar-refractivity contribution is 9.09. The highest BCUT2D eigenvalue weighted by Crippen LogP contribution is 2.47. The number of nitrogens with zero attached hydrogens (tertiary/aromatic N) is 1. The van der Waals surface area contributed by atoms with Crippen LogP contribution < -0.4 is 10.6 Å². The molecule has 3 aromatic rings. The molecule has 1 aromatic carbocycles. The summed E-state index contributed by atoms with van der Waals surface area (Å²) in [5.41, 5.74) is -1.04. The van der Waals surface area contributed by atoms with Gasteiger partial charge >= 0.3 is 6.09 Å². The summed E-state index contributed by atoms with van der Waals surface area (Å²) in [6.45, 7) is 6.00. The van der Waals surface area contributed by atoms with Crippen LogP contribution in [0.4, 0.5) is 4.79 Å². The lowest BCUT2D eigenvalue weighted by atomic mass is 9.75. The number of hydrogen-bond acceptors (Lipinski definition) is 17. The van der Waals surface area contributed by atoms with Crippen molar-refractivity contribution in [2.24, 2.45) is 0 Å². The van der Waals surface area contributed by atoms with Gasteiger partial charge < -0.3 is 54.0 Å². The van der Waals surface area contributed by atoms with Crippen molar-refractivity contribution in [3.63, 3.8) is 0 Å². The maximum absolute atomic E-state index is 15.3. The molecule has 10 atom stereocenters. The fraction of sp³-hybridized carbons (Fsp3) is 0.478. The van der Waals surface area contributed by atoms with Gasteiger partial charge in [-0.2, -0.15) is 0 Å². The maximum atomic E-state index is 15.3. The topological polar surface area (TPSA) is 225 Å². The number of fused-ring (bicyclic) bond motifs is 5. The van der Waals surface area contributed by atoms with Crippen molar-refractivity contribution < 1.29 is 63.4 Å². The predicted molar refractivity (Wildman–Crippen MR) is 255 cm³/mol. The number of nitrogens with one attached hydrogen (secondary N) is 2. The largest absolute Gasteiger partial charge is 0.508 e. The lowest BCUT2D eigenvalue weighted by molar-refractivity contribution is -0.727. The number of H-pyrrole nitrogens is 1. The number of aromatic nitrogens is 2. The normalized spacial score (nSPS) is 31.0. The Bertz CT molecular complexity index is 2560. The van der Waals surface area contributed by atoms with E-state index in [1.807, 2.05) is 6.26 Å². The molecule has 2 saturated heterocycles. The minimum absolute atomic E-state index is 0.00516. The molecule has 1 amide bonds. The Morgan fingerprint density at radius 3 is 2.67 bits per heavy atom. The van der Waals surface area contributed by atoms with Crippen LogP contribution in [-0.2, 0) is 33.2 Å². The van der Waals surface area contributed by atoms with Crippen molar-refractivity contribution in [1.82, 2.24) is 15.3 Å². The second kappa shape index (κ2) is 21.5. The van der Waals surface area contributed by atoms with Crippen LogP contribution in [0.3, 0.4) is 0 Å². The van der Waals surface area contributed by atoms with Crippen LogP contribution >= 0.6 is 43.2 Å². The van der Waals surface area contributed by atoms with Gasteiger partial charge in [0.1, 0.15) is 53.3 Å². The number of carbonyl (C=O) groups is 3. The first-order valence-electron chi connectivity index (χ1n) is 21.1. The smallest absolute Gasteiger partial charge is 0.411 e. The van der Waals surface area contributed by atoms with Gasteiger partial charge in [-0.25, -0.2) is 4.79 Å². The summed E-state index contributed by atoms with van der Waals surface area (Å²) in [4.78, 5) is 50.1. The molecule has 0 unspecified atom stereocenters. The van der Waals surface area contributed by atoms with Crippen molar-refractivity contribution in [1.29, 1.82) is 0 Å². The fourth-order valence-electron chi connectivity index (χ4n) is 8.85. The number of ether oxygens (including phenoxy) is 6. The average molecular weight is 982 g/mol. The monoisotopic (exact) mass is 981 g/mol. The van der Waals surface area contributed by atoms with E-state index in [9.17, 15) is 24.9 Å². The minimum Gasteiger partial charge on any atom is -0.508 e. The summed E-state index contributed by atoms with van der Waals surface area (Å²) >= 11 is 1.06. The Kier molecular flexibility index (Phi) is 16.3. The van der Waals surface area contributed by atoms with E-state index >= 15 is 4.79 Å². The van der Waals surface area contributed by atoms with Crippen LogP contribution in [0.25, 0.3) is 21.8 Å². The van der Waals surface area contributed by atoms with Gasteiger partial charge in [-0.3, -0.25) is 19.9 Å². The van der Waals surface area contributed by atoms with Gasteiger partial charge in [-0.15, -0.1) is 11.8 Å². The number of amides is 1. The second-order valence-corrected chi connectivity index (χ2v) is 21.7. The standard InChI is InChI=1S/C46H52N4O12S4/c1-24(2)48-31-23-59-35(21-34(31)57-4)62-40-42(54)46(63-6,41(53)39-37-27(15-18-47-39)28-20-26(51)13-14-30(28)49-37)25(3)60-43(40)61-33-12-10-8-9-11-17-45(56)22-32(52)38(50-44(55)58-5)36(33)29(45)16-19-65-66-64-7/h8-9,13-16,18,20,24-25,31,33-35,40,42-43,48-49,51,54,56H,19,21-23H2,1-7H3,(H,50,55)/p+1/b9-8-,29-16+/t25-,31+,33+,34+,35+,40-,42-,43+,45+,46-/m1/s1. The van der Waals surface area contributed by atoms with Crippen LogP contribution in [0.1, 0.15) is 44.1 Å². The van der Waals surface area contributed by atoms with Crippen LogP contribution in [0.2, 0.25) is 0 Å². The molecule has 7 N–H and O–H groups in total. The number of alkyl carbamates (subject to hydrolysis) is 1. The molecule has 0 saturated carbocycles. The first-order chi connectivity index (χ1) is 31.7. The molecule has 0 radical (unpaired) electrons. The van der Waals surface area contributed by atoms with Crippen molar-refractivity contribution >= 4 is 82.6 Å². The summed E-state index contributed by atoms with van der Waals surface area (Å²) in [6, 6.07) is 6.75. The van der Waals surface area contributed by atoms with Crippen molar-refractivity contribution in [2.45, 2.75) is 99.1 Å². The van der Waals surface area contributed by atoms with Crippen LogP contribution in [-0.4, -0.2) is 148 Å². The van der Waals surface area contributed by atoms with Gasteiger partial charge in [0, 0.05) is 52.9 Å². The summed E-state index contributed by atoms with van der Waals surface area (Å²) in [7, 11) is 7.27. The maximum Gasteiger partial charge on any atom is 0.411 e. The molecule has 20 heteroatoms. The molecule has 4 aliphatic rings. The van der Waals surface area contributed by atoms with Gasteiger partial charge in [0.05, 0.1) is 36.9 Å². The third kappa shape index (κ3) is 10.1. The van der Waals surface area contributed by atoms with Crippen molar-refractivity contribution in [3.8, 4) is 29.4 Å². The minimum atomic E-state index is -2.04. The molecular weight excluding hydrogens is 929 g/mol. The number of pyridine rings is 1. The molecule has 352 valence electrons. The number of carbonyl (C=O) groups excluding carboxylic acids is 3. The van der Waals surface area contributed by atoms with Crippen molar-refractivity contribution in [3.05, 3.63) is 71.2 Å². The number of rotatable bonds is 15. The number of thioether (sulfide) groups is 1. The number of phenolic OH excluding ortho intramolecular Hbond substituents is 1. The number of hydrogen-bond donors (Lipinski definition) is 6. The van der Waals surface area contributed by atoms with Crippen LogP contribution in [0.5, 0.6) is 5.75 Å². The number of aromatic hydroxyl groups is 1. The second-order valence-electron chi connectivity index (χ2n) is 16.2. The molecule has 2 fully saturated rings. The number of quaternary nitrogens is 1. The first-order valence-corrected chi connectivity index (χ1v) is 26.4. The zero-order valence-corrected chi connectivity index (χ0v) is 40.6. The van der Waals surface area contributed by atoms with Gasteiger partial charge in [-0.1, -0.05) is 51.3 Å². The Balaban J connectivity index is 1.35. The Morgan fingerprint density at radius 1 is 1.15 bits per heavy atom. The third-order valence-corrected chi connectivity index (χ3v) is 17.0. The van der Waals surface area contributed by atoms with Crippen LogP contribution in [0, 0.1) is 23.7 Å². The average Bonchev–Trinajstić information content (AvgIpc) is 3.66. The van der Waals surface area contributed by atoms with Gasteiger partial charge in [0.25, 0.3) is 0 Å². The number of aliphatic hydroxyl groups excluding tert-OH is 1. The molecule has 66 heavy (non-hydrogen) atoms. The number of phenols is 1.